The Labute approximate surface area is 117 Å². The van der Waals surface area contributed by atoms with Gasteiger partial charge in [-0.05, 0) is 22.9 Å². The van der Waals surface area contributed by atoms with Crippen LogP contribution in [0.25, 0.3) is 10.8 Å². The number of alkyl halides is 1. The Morgan fingerprint density at radius 1 is 1.21 bits per heavy atom. The van der Waals surface area contributed by atoms with E-state index in [1.807, 2.05) is 36.4 Å². The van der Waals surface area contributed by atoms with Crippen LogP contribution in [0.2, 0.25) is 0 Å². The zero-order valence-electron chi connectivity index (χ0n) is 10.8. The molecule has 0 heterocycles. The van der Waals surface area contributed by atoms with E-state index in [2.05, 4.69) is 6.07 Å². The quantitative estimate of drug-likeness (QED) is 0.787. The highest BCUT2D eigenvalue weighted by Crippen LogP contribution is 2.20. The summed E-state index contributed by atoms with van der Waals surface area (Å²) < 4.78 is 5.64. The second-order valence-electron chi connectivity index (χ2n) is 4.31. The van der Waals surface area contributed by atoms with Gasteiger partial charge in [-0.3, -0.25) is 4.79 Å². The molecule has 0 bridgehead atoms. The zero-order chi connectivity index (χ0) is 13.7. The minimum atomic E-state index is -0.0937. The lowest BCUT2D eigenvalue weighted by Gasteiger charge is -2.16. The number of fused-ring (bicyclic) bond motifs is 1. The molecule has 0 spiro atoms. The SMILES string of the molecule is CN(CCOc1ccc2ccccc2c1)C(=O)CCl. The molecular formula is C15H16ClNO2. The molecule has 0 aliphatic heterocycles. The van der Waals surface area contributed by atoms with Crippen LogP contribution in [0, 0.1) is 0 Å². The first-order valence-corrected chi connectivity index (χ1v) is 6.65. The van der Waals surface area contributed by atoms with Crippen molar-refractivity contribution in [2.75, 3.05) is 26.1 Å². The Morgan fingerprint density at radius 3 is 2.68 bits per heavy atom. The van der Waals surface area contributed by atoms with Gasteiger partial charge in [0.25, 0.3) is 0 Å². The van der Waals surface area contributed by atoms with E-state index >= 15 is 0 Å². The van der Waals surface area contributed by atoms with Crippen molar-refractivity contribution in [2.45, 2.75) is 0 Å². The van der Waals surface area contributed by atoms with Gasteiger partial charge in [-0.25, -0.2) is 0 Å². The molecule has 0 N–H and O–H groups in total. The smallest absolute Gasteiger partial charge is 0.237 e. The Balaban J connectivity index is 1.93. The summed E-state index contributed by atoms with van der Waals surface area (Å²) in [5, 5.41) is 2.33. The van der Waals surface area contributed by atoms with Gasteiger partial charge in [-0.2, -0.15) is 0 Å². The summed E-state index contributed by atoms with van der Waals surface area (Å²) in [6, 6.07) is 14.1. The van der Waals surface area contributed by atoms with Crippen LogP contribution in [-0.2, 0) is 4.79 Å². The highest BCUT2D eigenvalue weighted by Gasteiger charge is 2.06. The van der Waals surface area contributed by atoms with E-state index in [0.717, 1.165) is 11.1 Å². The molecule has 3 nitrogen and oxygen atoms in total. The Bertz CT molecular complexity index is 571. The molecule has 1 amide bonds. The number of rotatable bonds is 5. The summed E-state index contributed by atoms with van der Waals surface area (Å²) in [6.45, 7) is 0.982. The predicted octanol–water partition coefficient (Wildman–Crippen LogP) is 2.92. The van der Waals surface area contributed by atoms with Gasteiger partial charge < -0.3 is 9.64 Å². The molecule has 0 fully saturated rings. The van der Waals surface area contributed by atoms with Gasteiger partial charge in [0.2, 0.25) is 5.91 Å². The largest absolute Gasteiger partial charge is 0.492 e. The van der Waals surface area contributed by atoms with Gasteiger partial charge in [0, 0.05) is 7.05 Å². The van der Waals surface area contributed by atoms with E-state index in [0.29, 0.717) is 13.2 Å². The van der Waals surface area contributed by atoms with Crippen molar-refractivity contribution < 1.29 is 9.53 Å². The van der Waals surface area contributed by atoms with Crippen LogP contribution >= 0.6 is 11.6 Å². The third-order valence-electron chi connectivity index (χ3n) is 2.96. The summed E-state index contributed by atoms with van der Waals surface area (Å²) >= 11 is 5.48. The average molecular weight is 278 g/mol. The lowest BCUT2D eigenvalue weighted by Crippen LogP contribution is -2.31. The van der Waals surface area contributed by atoms with E-state index in [9.17, 15) is 4.79 Å². The van der Waals surface area contributed by atoms with Gasteiger partial charge in [-0.15, -0.1) is 11.6 Å². The fourth-order valence-electron chi connectivity index (χ4n) is 1.78. The number of likely N-dealkylation sites (N-methyl/N-ethyl adjacent to an activating group) is 1. The Kier molecular flexibility index (Phi) is 4.63. The molecule has 0 atom stereocenters. The number of hydrogen-bond acceptors (Lipinski definition) is 2. The van der Waals surface area contributed by atoms with Crippen LogP contribution in [0.5, 0.6) is 5.75 Å². The normalized spacial score (nSPS) is 10.4. The van der Waals surface area contributed by atoms with Crippen molar-refractivity contribution in [3.8, 4) is 5.75 Å². The van der Waals surface area contributed by atoms with Crippen molar-refractivity contribution >= 4 is 28.3 Å². The van der Waals surface area contributed by atoms with Crippen molar-refractivity contribution in [3.05, 3.63) is 42.5 Å². The second-order valence-corrected chi connectivity index (χ2v) is 4.57. The number of halogens is 1. The van der Waals surface area contributed by atoms with Crippen LogP contribution in [-0.4, -0.2) is 36.9 Å². The maximum Gasteiger partial charge on any atom is 0.237 e. The molecule has 0 aliphatic rings. The minimum Gasteiger partial charge on any atom is -0.492 e. The van der Waals surface area contributed by atoms with E-state index in [1.165, 1.54) is 5.39 Å². The van der Waals surface area contributed by atoms with Crippen molar-refractivity contribution in [2.24, 2.45) is 0 Å². The minimum absolute atomic E-state index is 0.00642. The fraction of sp³-hybridized carbons (Fsp3) is 0.267. The van der Waals surface area contributed by atoms with Crippen molar-refractivity contribution in [1.82, 2.24) is 4.90 Å². The van der Waals surface area contributed by atoms with E-state index in [1.54, 1.807) is 11.9 Å². The number of nitrogens with zero attached hydrogens (tertiary/aromatic N) is 1. The number of carbonyl (C=O) groups excluding carboxylic acids is 1. The van der Waals surface area contributed by atoms with Gasteiger partial charge in [0.15, 0.2) is 0 Å². The molecule has 2 aromatic rings. The van der Waals surface area contributed by atoms with Gasteiger partial charge in [0.1, 0.15) is 18.2 Å². The number of amides is 1. The average Bonchev–Trinajstić information content (AvgIpc) is 2.46. The topological polar surface area (TPSA) is 29.5 Å². The third-order valence-corrected chi connectivity index (χ3v) is 3.19. The Morgan fingerprint density at radius 2 is 1.95 bits per heavy atom. The van der Waals surface area contributed by atoms with Gasteiger partial charge in [0.05, 0.1) is 6.54 Å². The lowest BCUT2D eigenvalue weighted by atomic mass is 10.1. The molecule has 19 heavy (non-hydrogen) atoms. The first-order valence-electron chi connectivity index (χ1n) is 6.12. The second kappa shape index (κ2) is 6.43. The molecule has 0 saturated heterocycles. The van der Waals surface area contributed by atoms with E-state index in [4.69, 9.17) is 16.3 Å². The zero-order valence-corrected chi connectivity index (χ0v) is 11.6. The van der Waals surface area contributed by atoms with Crippen LogP contribution in [0.15, 0.2) is 42.5 Å². The molecule has 2 aromatic carbocycles. The summed E-state index contributed by atoms with van der Waals surface area (Å²) in [5.41, 5.74) is 0. The maximum absolute atomic E-state index is 11.3. The summed E-state index contributed by atoms with van der Waals surface area (Å²) in [4.78, 5) is 12.8. The van der Waals surface area contributed by atoms with Crippen LogP contribution in [0.4, 0.5) is 0 Å². The third kappa shape index (κ3) is 3.61. The highest BCUT2D eigenvalue weighted by atomic mass is 35.5. The highest BCUT2D eigenvalue weighted by molar-refractivity contribution is 6.27. The summed E-state index contributed by atoms with van der Waals surface area (Å²) in [6.07, 6.45) is 0. The van der Waals surface area contributed by atoms with E-state index < -0.39 is 0 Å². The summed E-state index contributed by atoms with van der Waals surface area (Å²) in [7, 11) is 1.72. The van der Waals surface area contributed by atoms with Gasteiger partial charge in [-0.1, -0.05) is 30.3 Å². The van der Waals surface area contributed by atoms with Crippen molar-refractivity contribution in [3.63, 3.8) is 0 Å². The number of carbonyl (C=O) groups is 1. The first-order chi connectivity index (χ1) is 9.20. The molecule has 0 aromatic heterocycles. The molecule has 0 radical (unpaired) electrons. The number of benzene rings is 2. The first kappa shape index (κ1) is 13.7. The Hall–Kier alpha value is -1.74. The fourth-order valence-corrected chi connectivity index (χ4v) is 1.99. The van der Waals surface area contributed by atoms with Gasteiger partial charge >= 0.3 is 0 Å². The van der Waals surface area contributed by atoms with E-state index in [-0.39, 0.29) is 11.8 Å². The molecular weight excluding hydrogens is 262 g/mol. The molecule has 4 heteroatoms. The van der Waals surface area contributed by atoms with Crippen LogP contribution in [0.3, 0.4) is 0 Å². The molecule has 0 aliphatic carbocycles. The molecule has 0 saturated carbocycles. The van der Waals surface area contributed by atoms with Crippen molar-refractivity contribution in [1.29, 1.82) is 0 Å². The van der Waals surface area contributed by atoms with Crippen LogP contribution in [0.1, 0.15) is 0 Å². The number of ether oxygens (including phenoxy) is 1. The van der Waals surface area contributed by atoms with Crippen LogP contribution < -0.4 is 4.74 Å². The monoisotopic (exact) mass is 277 g/mol. The lowest BCUT2D eigenvalue weighted by molar-refractivity contribution is -0.127. The number of hydrogen-bond donors (Lipinski definition) is 0. The maximum atomic E-state index is 11.3. The predicted molar refractivity (Wildman–Crippen MR) is 77.8 cm³/mol. The molecule has 2 rings (SSSR count). The standard InChI is InChI=1S/C15H16ClNO2/c1-17(15(18)11-16)8-9-19-14-7-6-12-4-2-3-5-13(12)10-14/h2-7,10H,8-9,11H2,1H3. The molecule has 0 unspecified atom stereocenters. The molecule has 100 valence electrons. The summed E-state index contributed by atoms with van der Waals surface area (Å²) in [5.74, 6) is 0.723.